The molecule has 1 unspecified atom stereocenters. The summed E-state index contributed by atoms with van der Waals surface area (Å²) in [5, 5.41) is 4.41. The standard InChI is InChI=1S/C17H25ClN2O/c1-21-17-11-14(7-8-15(17)18)20-10-9-19-16(12-20)13-5-3-2-4-6-13/h7-8,11,13,16,19H,2-6,9-10,12H2,1H3. The quantitative estimate of drug-likeness (QED) is 0.921. The molecule has 1 saturated heterocycles. The number of piperazine rings is 1. The van der Waals surface area contributed by atoms with E-state index in [0.29, 0.717) is 11.1 Å². The number of nitrogens with zero attached hydrogens (tertiary/aromatic N) is 1. The van der Waals surface area contributed by atoms with Crippen LogP contribution in [0.3, 0.4) is 0 Å². The van der Waals surface area contributed by atoms with Gasteiger partial charge in [-0.05, 0) is 30.9 Å². The van der Waals surface area contributed by atoms with Crippen LogP contribution in [0.1, 0.15) is 32.1 Å². The maximum Gasteiger partial charge on any atom is 0.139 e. The van der Waals surface area contributed by atoms with E-state index in [-0.39, 0.29) is 0 Å². The van der Waals surface area contributed by atoms with Crippen LogP contribution in [0.25, 0.3) is 0 Å². The summed E-state index contributed by atoms with van der Waals surface area (Å²) in [5.41, 5.74) is 1.22. The van der Waals surface area contributed by atoms with Crippen LogP contribution >= 0.6 is 11.6 Å². The van der Waals surface area contributed by atoms with E-state index in [1.165, 1.54) is 37.8 Å². The second-order valence-corrected chi connectivity index (χ2v) is 6.63. The number of nitrogens with one attached hydrogen (secondary N) is 1. The lowest BCUT2D eigenvalue weighted by Gasteiger charge is -2.40. The fourth-order valence-corrected chi connectivity index (χ4v) is 3.90. The van der Waals surface area contributed by atoms with Gasteiger partial charge in [0.1, 0.15) is 5.75 Å². The Morgan fingerprint density at radius 2 is 2.05 bits per heavy atom. The van der Waals surface area contributed by atoms with Crippen LogP contribution in [-0.4, -0.2) is 32.8 Å². The maximum atomic E-state index is 6.13. The van der Waals surface area contributed by atoms with Gasteiger partial charge in [-0.2, -0.15) is 0 Å². The Kier molecular flexibility index (Phi) is 4.91. The smallest absolute Gasteiger partial charge is 0.139 e. The second-order valence-electron chi connectivity index (χ2n) is 6.22. The Hall–Kier alpha value is -0.930. The van der Waals surface area contributed by atoms with Gasteiger partial charge in [-0.15, -0.1) is 0 Å². The van der Waals surface area contributed by atoms with Gasteiger partial charge >= 0.3 is 0 Å². The molecule has 1 saturated carbocycles. The van der Waals surface area contributed by atoms with Crippen molar-refractivity contribution < 1.29 is 4.74 Å². The Morgan fingerprint density at radius 3 is 2.81 bits per heavy atom. The first-order chi connectivity index (χ1) is 10.3. The molecule has 21 heavy (non-hydrogen) atoms. The third kappa shape index (κ3) is 3.46. The molecule has 1 aromatic carbocycles. The normalized spacial score (nSPS) is 24.1. The average molecular weight is 309 g/mol. The number of ether oxygens (including phenoxy) is 1. The molecule has 1 aromatic rings. The number of anilines is 1. The summed E-state index contributed by atoms with van der Waals surface area (Å²) in [5.74, 6) is 1.61. The third-order valence-electron chi connectivity index (χ3n) is 4.92. The lowest BCUT2D eigenvalue weighted by atomic mass is 9.83. The number of hydrogen-bond acceptors (Lipinski definition) is 3. The van der Waals surface area contributed by atoms with Gasteiger partial charge in [-0.3, -0.25) is 0 Å². The number of halogens is 1. The molecule has 0 aromatic heterocycles. The molecule has 0 amide bonds. The third-order valence-corrected chi connectivity index (χ3v) is 5.24. The molecule has 0 radical (unpaired) electrons. The summed E-state index contributed by atoms with van der Waals surface area (Å²) in [7, 11) is 1.67. The zero-order chi connectivity index (χ0) is 14.7. The fraction of sp³-hybridized carbons (Fsp3) is 0.647. The molecular formula is C17H25ClN2O. The van der Waals surface area contributed by atoms with Crippen molar-refractivity contribution in [3.63, 3.8) is 0 Å². The molecule has 1 N–H and O–H groups in total. The SMILES string of the molecule is COc1cc(N2CCNC(C3CCCCC3)C2)ccc1Cl. The van der Waals surface area contributed by atoms with Gasteiger partial charge in [0.2, 0.25) is 0 Å². The molecular weight excluding hydrogens is 284 g/mol. The summed E-state index contributed by atoms with van der Waals surface area (Å²) in [4.78, 5) is 2.47. The number of benzene rings is 1. The predicted molar refractivity (Wildman–Crippen MR) is 88.6 cm³/mol. The van der Waals surface area contributed by atoms with Crippen LogP contribution in [0, 0.1) is 5.92 Å². The number of hydrogen-bond donors (Lipinski definition) is 1. The Morgan fingerprint density at radius 1 is 1.24 bits per heavy atom. The van der Waals surface area contributed by atoms with Crippen molar-refractivity contribution in [2.24, 2.45) is 5.92 Å². The van der Waals surface area contributed by atoms with Crippen molar-refractivity contribution in [2.75, 3.05) is 31.6 Å². The van der Waals surface area contributed by atoms with E-state index in [2.05, 4.69) is 22.3 Å². The average Bonchev–Trinajstić information content (AvgIpc) is 2.56. The molecule has 116 valence electrons. The minimum absolute atomic E-state index is 0.626. The van der Waals surface area contributed by atoms with E-state index >= 15 is 0 Å². The molecule has 1 aliphatic carbocycles. The largest absolute Gasteiger partial charge is 0.495 e. The van der Waals surface area contributed by atoms with Crippen LogP contribution in [0.4, 0.5) is 5.69 Å². The highest BCUT2D eigenvalue weighted by Crippen LogP contribution is 2.32. The molecule has 0 bridgehead atoms. The Bertz CT molecular complexity index is 474. The first-order valence-corrected chi connectivity index (χ1v) is 8.47. The van der Waals surface area contributed by atoms with E-state index in [4.69, 9.17) is 16.3 Å². The number of methoxy groups -OCH3 is 1. The highest BCUT2D eigenvalue weighted by Gasteiger charge is 2.28. The molecule has 1 heterocycles. The van der Waals surface area contributed by atoms with Crippen molar-refractivity contribution in [1.82, 2.24) is 5.32 Å². The predicted octanol–water partition coefficient (Wildman–Crippen LogP) is 3.71. The van der Waals surface area contributed by atoms with Gasteiger partial charge in [0.05, 0.1) is 12.1 Å². The van der Waals surface area contributed by atoms with Crippen LogP contribution in [-0.2, 0) is 0 Å². The molecule has 0 spiro atoms. The van der Waals surface area contributed by atoms with Gasteiger partial charge in [0.15, 0.2) is 0 Å². The first kappa shape index (κ1) is 15.0. The molecule has 4 heteroatoms. The van der Waals surface area contributed by atoms with Crippen molar-refractivity contribution in [3.8, 4) is 5.75 Å². The highest BCUT2D eigenvalue weighted by molar-refractivity contribution is 6.32. The van der Waals surface area contributed by atoms with E-state index in [1.807, 2.05) is 6.07 Å². The molecule has 1 atom stereocenters. The number of rotatable bonds is 3. The molecule has 2 aliphatic rings. The van der Waals surface area contributed by atoms with Gasteiger partial charge in [-0.25, -0.2) is 0 Å². The van der Waals surface area contributed by atoms with Crippen molar-refractivity contribution >= 4 is 17.3 Å². The molecule has 1 aliphatic heterocycles. The van der Waals surface area contributed by atoms with Crippen LogP contribution in [0.5, 0.6) is 5.75 Å². The van der Waals surface area contributed by atoms with E-state index in [0.717, 1.165) is 31.3 Å². The zero-order valence-corrected chi connectivity index (χ0v) is 13.5. The van der Waals surface area contributed by atoms with E-state index in [9.17, 15) is 0 Å². The molecule has 2 fully saturated rings. The van der Waals surface area contributed by atoms with Crippen molar-refractivity contribution in [1.29, 1.82) is 0 Å². The monoisotopic (exact) mass is 308 g/mol. The highest BCUT2D eigenvalue weighted by atomic mass is 35.5. The molecule has 3 rings (SSSR count). The minimum Gasteiger partial charge on any atom is -0.495 e. The minimum atomic E-state index is 0.626. The van der Waals surface area contributed by atoms with Gasteiger partial charge in [-0.1, -0.05) is 30.9 Å². The second kappa shape index (κ2) is 6.89. The Balaban J connectivity index is 1.70. The summed E-state index contributed by atoms with van der Waals surface area (Å²) < 4.78 is 5.35. The van der Waals surface area contributed by atoms with Gasteiger partial charge < -0.3 is 15.0 Å². The first-order valence-electron chi connectivity index (χ1n) is 8.10. The van der Waals surface area contributed by atoms with Crippen LogP contribution in [0.2, 0.25) is 5.02 Å². The lowest BCUT2D eigenvalue weighted by Crippen LogP contribution is -2.54. The summed E-state index contributed by atoms with van der Waals surface area (Å²) >= 11 is 6.13. The lowest BCUT2D eigenvalue weighted by molar-refractivity contribution is 0.257. The van der Waals surface area contributed by atoms with Crippen LogP contribution < -0.4 is 15.0 Å². The zero-order valence-electron chi connectivity index (χ0n) is 12.8. The molecule has 3 nitrogen and oxygen atoms in total. The maximum absolute atomic E-state index is 6.13. The van der Waals surface area contributed by atoms with E-state index < -0.39 is 0 Å². The van der Waals surface area contributed by atoms with Gasteiger partial charge in [0, 0.05) is 37.4 Å². The summed E-state index contributed by atoms with van der Waals surface area (Å²) in [6.07, 6.45) is 6.99. The van der Waals surface area contributed by atoms with Gasteiger partial charge in [0.25, 0.3) is 0 Å². The summed E-state index contributed by atoms with van der Waals surface area (Å²) in [6.45, 7) is 3.20. The Labute approximate surface area is 132 Å². The van der Waals surface area contributed by atoms with Crippen molar-refractivity contribution in [2.45, 2.75) is 38.1 Å². The van der Waals surface area contributed by atoms with Crippen LogP contribution in [0.15, 0.2) is 18.2 Å². The fourth-order valence-electron chi connectivity index (χ4n) is 3.71. The topological polar surface area (TPSA) is 24.5 Å². The van der Waals surface area contributed by atoms with E-state index in [1.54, 1.807) is 7.11 Å². The van der Waals surface area contributed by atoms with Crippen molar-refractivity contribution in [3.05, 3.63) is 23.2 Å². The summed E-state index contributed by atoms with van der Waals surface area (Å²) in [6, 6.07) is 6.73.